The van der Waals surface area contributed by atoms with E-state index in [0.717, 1.165) is 5.56 Å². The van der Waals surface area contributed by atoms with Crippen LogP contribution in [0.3, 0.4) is 0 Å². The van der Waals surface area contributed by atoms with Crippen LogP contribution in [-0.4, -0.2) is 12.5 Å². The number of hydrogen-bond donors (Lipinski definition) is 2. The predicted octanol–water partition coefficient (Wildman–Crippen LogP) is 2.57. The molecule has 0 aliphatic carbocycles. The fraction of sp³-hybridized carbons (Fsp3) is 0.417. The van der Waals surface area contributed by atoms with E-state index in [0.29, 0.717) is 17.3 Å². The summed E-state index contributed by atoms with van der Waals surface area (Å²) in [4.78, 5) is 11.9. The van der Waals surface area contributed by atoms with Crippen LogP contribution in [0.25, 0.3) is 0 Å². The van der Waals surface area contributed by atoms with Crippen LogP contribution in [0.1, 0.15) is 19.4 Å². The van der Waals surface area contributed by atoms with Gasteiger partial charge in [-0.05, 0) is 38.5 Å². The van der Waals surface area contributed by atoms with Crippen LogP contribution < -0.4 is 11.1 Å². The van der Waals surface area contributed by atoms with Crippen molar-refractivity contribution in [3.8, 4) is 0 Å². The minimum Gasteiger partial charge on any atom is -0.329 e. The molecule has 3 nitrogen and oxygen atoms in total. The first-order chi connectivity index (χ1) is 7.36. The van der Waals surface area contributed by atoms with Crippen LogP contribution in [0.4, 0.5) is 5.69 Å². The molecule has 0 aliphatic rings. The summed E-state index contributed by atoms with van der Waals surface area (Å²) in [5.41, 5.74) is 6.62. The number of halogens is 1. The van der Waals surface area contributed by atoms with Gasteiger partial charge in [0.25, 0.3) is 0 Å². The topological polar surface area (TPSA) is 55.1 Å². The van der Waals surface area contributed by atoms with E-state index in [1.807, 2.05) is 19.1 Å². The van der Waals surface area contributed by atoms with Crippen molar-refractivity contribution in [2.45, 2.75) is 20.8 Å². The molecule has 3 N–H and O–H groups in total. The lowest BCUT2D eigenvalue weighted by molar-refractivity contribution is -0.123. The summed E-state index contributed by atoms with van der Waals surface area (Å²) in [7, 11) is 0. The quantitative estimate of drug-likeness (QED) is 0.853. The Kier molecular flexibility index (Phi) is 3.94. The number of anilines is 1. The van der Waals surface area contributed by atoms with Crippen LogP contribution in [0, 0.1) is 12.3 Å². The number of carbonyl (C=O) groups excluding carboxylic acids is 1. The smallest absolute Gasteiger partial charge is 0.231 e. The van der Waals surface area contributed by atoms with Crippen LogP contribution in [-0.2, 0) is 4.79 Å². The second-order valence-corrected chi connectivity index (χ2v) is 4.93. The van der Waals surface area contributed by atoms with Crippen molar-refractivity contribution >= 4 is 23.2 Å². The minimum atomic E-state index is -0.590. The van der Waals surface area contributed by atoms with Gasteiger partial charge in [0.05, 0.1) is 16.1 Å². The average molecular weight is 241 g/mol. The van der Waals surface area contributed by atoms with Gasteiger partial charge < -0.3 is 11.1 Å². The fourth-order valence-corrected chi connectivity index (χ4v) is 1.28. The highest BCUT2D eigenvalue weighted by atomic mass is 35.5. The summed E-state index contributed by atoms with van der Waals surface area (Å²) in [6.45, 7) is 5.83. The molecule has 88 valence electrons. The van der Waals surface area contributed by atoms with Crippen molar-refractivity contribution in [2.75, 3.05) is 11.9 Å². The third kappa shape index (κ3) is 2.97. The molecule has 1 rings (SSSR count). The highest BCUT2D eigenvalue weighted by Gasteiger charge is 2.26. The molecule has 0 unspecified atom stereocenters. The molecule has 0 saturated heterocycles. The Morgan fingerprint density at radius 1 is 1.50 bits per heavy atom. The van der Waals surface area contributed by atoms with Gasteiger partial charge >= 0.3 is 0 Å². The van der Waals surface area contributed by atoms with E-state index in [1.54, 1.807) is 19.9 Å². The summed E-state index contributed by atoms with van der Waals surface area (Å²) in [6, 6.07) is 5.50. The number of rotatable bonds is 3. The Labute approximate surface area is 101 Å². The van der Waals surface area contributed by atoms with Gasteiger partial charge in [-0.15, -0.1) is 0 Å². The minimum absolute atomic E-state index is 0.123. The SMILES string of the molecule is Cc1ccc(Cl)c(NC(=O)C(C)(C)CN)c1. The van der Waals surface area contributed by atoms with Gasteiger partial charge in [0.2, 0.25) is 5.91 Å². The van der Waals surface area contributed by atoms with Gasteiger partial charge in [-0.3, -0.25) is 4.79 Å². The van der Waals surface area contributed by atoms with E-state index in [4.69, 9.17) is 17.3 Å². The van der Waals surface area contributed by atoms with Crippen molar-refractivity contribution < 1.29 is 4.79 Å². The maximum Gasteiger partial charge on any atom is 0.231 e. The van der Waals surface area contributed by atoms with Crippen molar-refractivity contribution in [1.29, 1.82) is 0 Å². The van der Waals surface area contributed by atoms with E-state index in [2.05, 4.69) is 5.32 Å². The molecule has 0 spiro atoms. The Bertz CT molecular complexity index is 402. The number of nitrogens with one attached hydrogen (secondary N) is 1. The number of carbonyl (C=O) groups is 1. The maximum absolute atomic E-state index is 11.9. The predicted molar refractivity (Wildman–Crippen MR) is 67.7 cm³/mol. The highest BCUT2D eigenvalue weighted by Crippen LogP contribution is 2.25. The van der Waals surface area contributed by atoms with E-state index in [-0.39, 0.29) is 5.91 Å². The third-order valence-electron chi connectivity index (χ3n) is 2.50. The number of amides is 1. The normalized spacial score (nSPS) is 11.3. The van der Waals surface area contributed by atoms with Crippen molar-refractivity contribution in [3.63, 3.8) is 0 Å². The number of nitrogens with two attached hydrogens (primary N) is 1. The molecule has 0 aliphatic heterocycles. The Morgan fingerprint density at radius 2 is 2.12 bits per heavy atom. The molecule has 1 amide bonds. The summed E-state index contributed by atoms with van der Waals surface area (Å²) >= 11 is 5.99. The van der Waals surface area contributed by atoms with Gasteiger partial charge in [-0.2, -0.15) is 0 Å². The van der Waals surface area contributed by atoms with Crippen molar-refractivity contribution in [2.24, 2.45) is 11.1 Å². The third-order valence-corrected chi connectivity index (χ3v) is 2.82. The summed E-state index contributed by atoms with van der Waals surface area (Å²) in [5, 5.41) is 3.33. The lowest BCUT2D eigenvalue weighted by Crippen LogP contribution is -2.37. The van der Waals surface area contributed by atoms with Crippen LogP contribution in [0.2, 0.25) is 5.02 Å². The van der Waals surface area contributed by atoms with Crippen LogP contribution >= 0.6 is 11.6 Å². The molecule has 0 aromatic heterocycles. The average Bonchev–Trinajstić information content (AvgIpc) is 2.23. The van der Waals surface area contributed by atoms with E-state index >= 15 is 0 Å². The molecule has 4 heteroatoms. The number of hydrogen-bond acceptors (Lipinski definition) is 2. The molecular weight excluding hydrogens is 224 g/mol. The summed E-state index contributed by atoms with van der Waals surface area (Å²) < 4.78 is 0. The molecule has 0 bridgehead atoms. The largest absolute Gasteiger partial charge is 0.329 e. The molecule has 1 aromatic rings. The fourth-order valence-electron chi connectivity index (χ4n) is 1.12. The van der Waals surface area contributed by atoms with Crippen LogP contribution in [0.15, 0.2) is 18.2 Å². The molecule has 16 heavy (non-hydrogen) atoms. The van der Waals surface area contributed by atoms with Crippen molar-refractivity contribution in [1.82, 2.24) is 0 Å². The molecule has 0 fully saturated rings. The first-order valence-electron chi connectivity index (χ1n) is 5.14. The zero-order chi connectivity index (χ0) is 12.3. The number of benzene rings is 1. The second-order valence-electron chi connectivity index (χ2n) is 4.53. The Hall–Kier alpha value is -1.06. The molecular formula is C12H17ClN2O. The zero-order valence-corrected chi connectivity index (χ0v) is 10.6. The molecule has 0 radical (unpaired) electrons. The monoisotopic (exact) mass is 240 g/mol. The molecule has 0 heterocycles. The first kappa shape index (κ1) is 13.0. The maximum atomic E-state index is 11.9. The lowest BCUT2D eigenvalue weighted by atomic mass is 9.92. The van der Waals surface area contributed by atoms with E-state index < -0.39 is 5.41 Å². The first-order valence-corrected chi connectivity index (χ1v) is 5.52. The Balaban J connectivity index is 2.89. The van der Waals surface area contributed by atoms with E-state index in [9.17, 15) is 4.79 Å². The van der Waals surface area contributed by atoms with Gasteiger partial charge in [-0.25, -0.2) is 0 Å². The van der Waals surface area contributed by atoms with E-state index in [1.165, 1.54) is 0 Å². The lowest BCUT2D eigenvalue weighted by Gasteiger charge is -2.21. The van der Waals surface area contributed by atoms with Gasteiger partial charge in [0, 0.05) is 6.54 Å². The summed E-state index contributed by atoms with van der Waals surface area (Å²) in [5.74, 6) is -0.123. The molecule has 0 atom stereocenters. The standard InChI is InChI=1S/C12H17ClN2O/c1-8-4-5-9(13)10(6-8)15-11(16)12(2,3)7-14/h4-6H,7,14H2,1-3H3,(H,15,16). The second kappa shape index (κ2) is 4.85. The molecule has 0 saturated carbocycles. The summed E-state index contributed by atoms with van der Waals surface area (Å²) in [6.07, 6.45) is 0. The van der Waals surface area contributed by atoms with Crippen molar-refractivity contribution in [3.05, 3.63) is 28.8 Å². The Morgan fingerprint density at radius 3 is 2.69 bits per heavy atom. The highest BCUT2D eigenvalue weighted by molar-refractivity contribution is 6.33. The van der Waals surface area contributed by atoms with Gasteiger partial charge in [-0.1, -0.05) is 17.7 Å². The van der Waals surface area contributed by atoms with Crippen LogP contribution in [0.5, 0.6) is 0 Å². The van der Waals surface area contributed by atoms with Gasteiger partial charge in [0.1, 0.15) is 0 Å². The zero-order valence-electron chi connectivity index (χ0n) is 9.80. The van der Waals surface area contributed by atoms with Gasteiger partial charge in [0.15, 0.2) is 0 Å². The number of aryl methyl sites for hydroxylation is 1. The molecule has 1 aromatic carbocycles.